The van der Waals surface area contributed by atoms with Gasteiger partial charge >= 0.3 is 0 Å². The number of pyridine rings is 1. The Morgan fingerprint density at radius 3 is 2.64 bits per heavy atom. The van der Waals surface area contributed by atoms with Crippen LogP contribution in [0.15, 0.2) is 58.1 Å². The van der Waals surface area contributed by atoms with Crippen LogP contribution in [0.4, 0.5) is 5.69 Å². The van der Waals surface area contributed by atoms with Crippen molar-refractivity contribution in [1.29, 1.82) is 0 Å². The maximum absolute atomic E-state index is 12.5. The van der Waals surface area contributed by atoms with Crippen LogP contribution in [0.3, 0.4) is 0 Å². The number of thioether (sulfide) groups is 1. The molecule has 0 saturated carbocycles. The van der Waals surface area contributed by atoms with Crippen LogP contribution in [0, 0.1) is 5.21 Å². The molecule has 0 bridgehead atoms. The van der Waals surface area contributed by atoms with Gasteiger partial charge < -0.3 is 14.9 Å². The summed E-state index contributed by atoms with van der Waals surface area (Å²) in [6.45, 7) is 3.08. The number of aromatic nitrogens is 1. The van der Waals surface area contributed by atoms with Gasteiger partial charge in [0.05, 0.1) is 10.9 Å². The van der Waals surface area contributed by atoms with Crippen molar-refractivity contribution in [3.8, 4) is 0 Å². The summed E-state index contributed by atoms with van der Waals surface area (Å²) in [7, 11) is 0. The highest BCUT2D eigenvalue weighted by Crippen LogP contribution is 2.32. The molecule has 7 heteroatoms. The van der Waals surface area contributed by atoms with E-state index in [1.54, 1.807) is 49.4 Å². The first-order chi connectivity index (χ1) is 12.0. The number of anilines is 1. The normalized spacial score (nSPS) is 12.1. The highest BCUT2D eigenvalue weighted by atomic mass is 32.2. The molecule has 0 aliphatic heterocycles. The number of nitrogens with one attached hydrogen (secondary N) is 1. The van der Waals surface area contributed by atoms with E-state index in [4.69, 9.17) is 4.42 Å². The number of amides is 1. The van der Waals surface area contributed by atoms with Crippen LogP contribution in [-0.2, 0) is 4.79 Å². The van der Waals surface area contributed by atoms with Crippen LogP contribution in [0.2, 0.25) is 0 Å². The van der Waals surface area contributed by atoms with Gasteiger partial charge in [0, 0.05) is 24.4 Å². The number of carbonyl (C=O) groups is 2. The zero-order chi connectivity index (χ0) is 18.0. The van der Waals surface area contributed by atoms with Crippen molar-refractivity contribution in [1.82, 2.24) is 0 Å². The quantitative estimate of drug-likeness (QED) is 0.328. The minimum absolute atomic E-state index is 0.116. The molecule has 0 saturated heterocycles. The first-order valence-corrected chi connectivity index (χ1v) is 8.53. The van der Waals surface area contributed by atoms with E-state index in [-0.39, 0.29) is 17.5 Å². The Kier molecular flexibility index (Phi) is 4.76. The number of fused-ring (bicyclic) bond motifs is 1. The molecule has 1 aromatic carbocycles. The largest absolute Gasteiger partial charge is 0.618 e. The number of Topliss-reactive ketones (excluding diaryl/α,β-unsaturated/α-hetero) is 1. The zero-order valence-corrected chi connectivity index (χ0v) is 14.5. The summed E-state index contributed by atoms with van der Waals surface area (Å²) >= 11 is 1.14. The van der Waals surface area contributed by atoms with Gasteiger partial charge in [-0.1, -0.05) is 12.1 Å². The Bertz CT molecular complexity index is 951. The molecule has 2 aromatic heterocycles. The maximum atomic E-state index is 12.5. The van der Waals surface area contributed by atoms with Gasteiger partial charge in [0.25, 0.3) is 5.03 Å². The third-order valence-corrected chi connectivity index (χ3v) is 4.74. The van der Waals surface area contributed by atoms with E-state index in [1.165, 1.54) is 13.1 Å². The summed E-state index contributed by atoms with van der Waals surface area (Å²) in [6, 6.07) is 12.1. The molecule has 1 N–H and O–H groups in total. The fourth-order valence-electron chi connectivity index (χ4n) is 2.38. The number of benzene rings is 1. The number of hydrogen-bond donors (Lipinski definition) is 1. The number of ketones is 1. The van der Waals surface area contributed by atoms with Crippen molar-refractivity contribution in [3.63, 3.8) is 0 Å². The van der Waals surface area contributed by atoms with Gasteiger partial charge in [0.2, 0.25) is 5.91 Å². The number of furan rings is 1. The monoisotopic (exact) mass is 356 g/mol. The first kappa shape index (κ1) is 17.0. The molecule has 25 heavy (non-hydrogen) atoms. The summed E-state index contributed by atoms with van der Waals surface area (Å²) in [5.41, 5.74) is 0.896. The van der Waals surface area contributed by atoms with E-state index in [9.17, 15) is 14.8 Å². The van der Waals surface area contributed by atoms with E-state index in [2.05, 4.69) is 5.32 Å². The van der Waals surface area contributed by atoms with Gasteiger partial charge in [-0.15, -0.1) is 0 Å². The molecule has 1 amide bonds. The van der Waals surface area contributed by atoms with Gasteiger partial charge in [-0.2, -0.15) is 4.73 Å². The smallest absolute Gasteiger partial charge is 0.252 e. The molecule has 128 valence electrons. The Labute approximate surface area is 148 Å². The molecule has 0 aliphatic carbocycles. The van der Waals surface area contributed by atoms with Crippen LogP contribution in [-0.4, -0.2) is 16.9 Å². The minimum Gasteiger partial charge on any atom is -0.618 e. The average Bonchev–Trinajstić information content (AvgIpc) is 2.96. The van der Waals surface area contributed by atoms with E-state index in [1.807, 2.05) is 0 Å². The lowest BCUT2D eigenvalue weighted by molar-refractivity contribution is -0.645. The second kappa shape index (κ2) is 6.98. The third-order valence-electron chi connectivity index (χ3n) is 3.62. The Hall–Kier alpha value is -2.80. The number of rotatable bonds is 5. The number of hydrogen-bond acceptors (Lipinski definition) is 5. The van der Waals surface area contributed by atoms with Crippen LogP contribution in [0.25, 0.3) is 11.0 Å². The zero-order valence-electron chi connectivity index (χ0n) is 13.7. The highest BCUT2D eigenvalue weighted by Gasteiger charge is 2.24. The van der Waals surface area contributed by atoms with Gasteiger partial charge in [-0.25, -0.2) is 0 Å². The summed E-state index contributed by atoms with van der Waals surface area (Å²) in [5, 5.41) is 15.0. The van der Waals surface area contributed by atoms with E-state index in [0.717, 1.165) is 11.8 Å². The SMILES string of the molecule is CC(=O)c1oc2ccccc2c1NC(=O)[C@H](C)Sc1cccc[n+]1[O-]. The summed E-state index contributed by atoms with van der Waals surface area (Å²) in [6.07, 6.45) is 1.38. The first-order valence-electron chi connectivity index (χ1n) is 7.65. The average molecular weight is 356 g/mol. The predicted molar refractivity (Wildman–Crippen MR) is 95.6 cm³/mol. The number of nitrogens with zero attached hydrogens (tertiary/aromatic N) is 1. The molecule has 0 aliphatic rings. The maximum Gasteiger partial charge on any atom is 0.252 e. The second-order valence-electron chi connectivity index (χ2n) is 5.47. The van der Waals surface area contributed by atoms with Crippen LogP contribution in [0.1, 0.15) is 24.4 Å². The van der Waals surface area contributed by atoms with Crippen molar-refractivity contribution >= 4 is 40.1 Å². The lowest BCUT2D eigenvalue weighted by Crippen LogP contribution is -2.30. The number of carbonyl (C=O) groups excluding carboxylic acids is 2. The fraction of sp³-hybridized carbons (Fsp3) is 0.167. The van der Waals surface area contributed by atoms with Crippen molar-refractivity contribution in [2.24, 2.45) is 0 Å². The topological polar surface area (TPSA) is 86.2 Å². The Balaban J connectivity index is 1.85. The molecule has 0 fully saturated rings. The standard InChI is InChI=1S/C18H16N2O4S/c1-11(21)17-16(13-7-3-4-8-14(13)24-17)19-18(22)12(2)25-15-9-5-6-10-20(15)23/h3-10,12H,1-2H3,(H,19,22)/t12-/m0/s1. The molecular weight excluding hydrogens is 340 g/mol. The van der Waals surface area contributed by atoms with Gasteiger partial charge in [-0.3, -0.25) is 9.59 Å². The third kappa shape index (κ3) is 3.51. The molecule has 2 heterocycles. The summed E-state index contributed by atoms with van der Waals surface area (Å²) in [5.74, 6) is -0.472. The molecule has 3 aromatic rings. The lowest BCUT2D eigenvalue weighted by Gasteiger charge is -2.11. The van der Waals surface area contributed by atoms with Crippen LogP contribution < -0.4 is 10.0 Å². The Morgan fingerprint density at radius 2 is 1.92 bits per heavy atom. The van der Waals surface area contributed by atoms with E-state index >= 15 is 0 Å². The summed E-state index contributed by atoms with van der Waals surface area (Å²) < 4.78 is 6.26. The molecule has 6 nitrogen and oxygen atoms in total. The van der Waals surface area contributed by atoms with E-state index < -0.39 is 5.25 Å². The van der Waals surface area contributed by atoms with Crippen LogP contribution >= 0.6 is 11.8 Å². The summed E-state index contributed by atoms with van der Waals surface area (Å²) in [4.78, 5) is 24.4. The van der Waals surface area contributed by atoms with Crippen molar-refractivity contribution in [3.05, 3.63) is 59.6 Å². The Morgan fingerprint density at radius 1 is 1.20 bits per heavy atom. The molecule has 0 spiro atoms. The lowest BCUT2D eigenvalue weighted by atomic mass is 10.2. The second-order valence-corrected chi connectivity index (χ2v) is 6.83. The molecule has 0 unspecified atom stereocenters. The molecule has 1 atom stereocenters. The molecule has 3 rings (SSSR count). The fourth-order valence-corrected chi connectivity index (χ4v) is 3.23. The van der Waals surface area contributed by atoms with Crippen molar-refractivity contribution in [2.45, 2.75) is 24.1 Å². The van der Waals surface area contributed by atoms with Crippen molar-refractivity contribution < 1.29 is 18.7 Å². The molecule has 0 radical (unpaired) electrons. The predicted octanol–water partition coefficient (Wildman–Crippen LogP) is 3.39. The van der Waals surface area contributed by atoms with Crippen LogP contribution in [0.5, 0.6) is 0 Å². The highest BCUT2D eigenvalue weighted by molar-refractivity contribution is 8.00. The molecular formula is C18H16N2O4S. The van der Waals surface area contributed by atoms with Crippen molar-refractivity contribution in [2.75, 3.05) is 5.32 Å². The number of para-hydroxylation sites is 1. The minimum atomic E-state index is -0.531. The van der Waals surface area contributed by atoms with Gasteiger partial charge in [-0.05, 0) is 36.9 Å². The van der Waals surface area contributed by atoms with Gasteiger partial charge in [0.15, 0.2) is 17.7 Å². The van der Waals surface area contributed by atoms with Gasteiger partial charge in [0.1, 0.15) is 5.58 Å². The van der Waals surface area contributed by atoms with E-state index in [0.29, 0.717) is 26.4 Å².